The summed E-state index contributed by atoms with van der Waals surface area (Å²) in [6, 6.07) is 0.863. The lowest BCUT2D eigenvalue weighted by molar-refractivity contribution is 0.0136. The molecule has 63 valence electrons. The first kappa shape index (κ1) is 7.60. The molecule has 2 bridgehead atoms. The second kappa shape index (κ2) is 2.48. The molecule has 2 saturated heterocycles. The monoisotopic (exact) mass is 152 g/mol. The Morgan fingerprint density at radius 2 is 2.36 bits per heavy atom. The molecule has 1 heteroatoms. The fourth-order valence-electron chi connectivity index (χ4n) is 2.64. The fourth-order valence-corrected chi connectivity index (χ4v) is 2.64. The third-order valence-electron chi connectivity index (χ3n) is 3.67. The highest BCUT2D eigenvalue weighted by Crippen LogP contribution is 2.39. The Kier molecular flexibility index (Phi) is 1.71. The molecule has 1 nitrogen and oxygen atoms in total. The molecule has 2 aliphatic heterocycles. The standard InChI is InChI=1S/C10H18N/c1-10-7-3-5-9(11(10)2)6-4-8-10/h3,9H,4-8H2,1-2H3. The molecule has 2 fully saturated rings. The molecule has 2 rings (SSSR count). The minimum Gasteiger partial charge on any atom is -0.298 e. The van der Waals surface area contributed by atoms with Gasteiger partial charge in [-0.3, -0.25) is 4.90 Å². The van der Waals surface area contributed by atoms with Gasteiger partial charge in [-0.1, -0.05) is 6.42 Å². The first-order valence-corrected chi connectivity index (χ1v) is 4.77. The van der Waals surface area contributed by atoms with Crippen LogP contribution in [0.3, 0.4) is 0 Å². The lowest BCUT2D eigenvalue weighted by atomic mass is 9.76. The van der Waals surface area contributed by atoms with Crippen LogP contribution in [0.2, 0.25) is 0 Å². The predicted octanol–water partition coefficient (Wildman–Crippen LogP) is 2.23. The van der Waals surface area contributed by atoms with E-state index >= 15 is 0 Å². The number of piperidine rings is 2. The molecule has 11 heavy (non-hydrogen) atoms. The summed E-state index contributed by atoms with van der Waals surface area (Å²) in [5.41, 5.74) is 0.515. The van der Waals surface area contributed by atoms with E-state index in [1.807, 2.05) is 0 Å². The van der Waals surface area contributed by atoms with Crippen molar-refractivity contribution in [2.75, 3.05) is 7.05 Å². The highest BCUT2D eigenvalue weighted by molar-refractivity contribution is 5.02. The number of hydrogen-bond donors (Lipinski definition) is 0. The van der Waals surface area contributed by atoms with Crippen LogP contribution in [0.5, 0.6) is 0 Å². The molecule has 2 atom stereocenters. The van der Waals surface area contributed by atoms with Gasteiger partial charge in [-0.25, -0.2) is 0 Å². The van der Waals surface area contributed by atoms with Gasteiger partial charge in [0.25, 0.3) is 0 Å². The maximum absolute atomic E-state index is 2.61. The summed E-state index contributed by atoms with van der Waals surface area (Å²) in [6.07, 6.45) is 9.38. The van der Waals surface area contributed by atoms with Gasteiger partial charge in [-0.05, 0) is 46.1 Å². The Morgan fingerprint density at radius 1 is 1.55 bits per heavy atom. The fraction of sp³-hybridized carbons (Fsp3) is 0.900. The van der Waals surface area contributed by atoms with E-state index in [0.29, 0.717) is 5.54 Å². The van der Waals surface area contributed by atoms with E-state index in [0.717, 1.165) is 6.04 Å². The number of rotatable bonds is 0. The molecular formula is C10H18N. The molecule has 0 amide bonds. The first-order valence-electron chi connectivity index (χ1n) is 4.77. The Morgan fingerprint density at radius 3 is 3.00 bits per heavy atom. The summed E-state index contributed by atoms with van der Waals surface area (Å²) in [6.45, 7) is 2.41. The number of hydrogen-bond acceptors (Lipinski definition) is 1. The summed E-state index contributed by atoms with van der Waals surface area (Å²) in [5.74, 6) is 0. The lowest BCUT2D eigenvalue weighted by Gasteiger charge is -2.51. The van der Waals surface area contributed by atoms with Crippen LogP contribution >= 0.6 is 0 Å². The zero-order valence-corrected chi connectivity index (χ0v) is 7.64. The minimum absolute atomic E-state index is 0.515. The third-order valence-corrected chi connectivity index (χ3v) is 3.67. The van der Waals surface area contributed by atoms with E-state index in [1.165, 1.54) is 32.1 Å². The Hall–Kier alpha value is -0.0400. The zero-order valence-electron chi connectivity index (χ0n) is 7.64. The molecule has 1 radical (unpaired) electrons. The van der Waals surface area contributed by atoms with Crippen molar-refractivity contribution in [2.24, 2.45) is 0 Å². The summed E-state index contributed by atoms with van der Waals surface area (Å²) in [7, 11) is 2.30. The van der Waals surface area contributed by atoms with Crippen molar-refractivity contribution in [1.82, 2.24) is 4.90 Å². The minimum atomic E-state index is 0.515. The molecule has 0 aliphatic carbocycles. The molecule has 0 saturated carbocycles. The number of fused-ring (bicyclic) bond motifs is 2. The Balaban J connectivity index is 2.17. The summed E-state index contributed by atoms with van der Waals surface area (Å²) in [5, 5.41) is 0. The molecule has 0 aromatic rings. The SMILES string of the molecule is CN1C2C[CH]CC1(C)CCC2. The van der Waals surface area contributed by atoms with E-state index in [1.54, 1.807) is 0 Å². The average molecular weight is 152 g/mol. The second-order valence-electron chi connectivity index (χ2n) is 4.38. The smallest absolute Gasteiger partial charge is 0.0184 e. The van der Waals surface area contributed by atoms with E-state index in [4.69, 9.17) is 0 Å². The van der Waals surface area contributed by atoms with Crippen LogP contribution in [0.25, 0.3) is 0 Å². The van der Waals surface area contributed by atoms with E-state index in [9.17, 15) is 0 Å². The van der Waals surface area contributed by atoms with Gasteiger partial charge in [0, 0.05) is 11.6 Å². The van der Waals surface area contributed by atoms with Crippen LogP contribution in [0, 0.1) is 6.42 Å². The van der Waals surface area contributed by atoms with Crippen LogP contribution < -0.4 is 0 Å². The Bertz CT molecular complexity index is 143. The van der Waals surface area contributed by atoms with Crippen LogP contribution in [0.1, 0.15) is 39.0 Å². The third kappa shape index (κ3) is 1.10. The molecular weight excluding hydrogens is 134 g/mol. The van der Waals surface area contributed by atoms with Gasteiger partial charge in [0.2, 0.25) is 0 Å². The van der Waals surface area contributed by atoms with Crippen LogP contribution in [0.15, 0.2) is 0 Å². The highest BCUT2D eigenvalue weighted by Gasteiger charge is 2.39. The van der Waals surface area contributed by atoms with Crippen molar-refractivity contribution >= 4 is 0 Å². The quantitative estimate of drug-likeness (QED) is 0.514. The summed E-state index contributed by atoms with van der Waals surface area (Å²) >= 11 is 0. The van der Waals surface area contributed by atoms with Gasteiger partial charge >= 0.3 is 0 Å². The first-order chi connectivity index (χ1) is 5.22. The summed E-state index contributed by atoms with van der Waals surface area (Å²) in [4.78, 5) is 2.61. The molecule has 0 aromatic carbocycles. The topological polar surface area (TPSA) is 3.24 Å². The van der Waals surface area contributed by atoms with Crippen molar-refractivity contribution in [3.8, 4) is 0 Å². The maximum Gasteiger partial charge on any atom is 0.0184 e. The van der Waals surface area contributed by atoms with E-state index < -0.39 is 0 Å². The molecule has 2 aliphatic rings. The van der Waals surface area contributed by atoms with E-state index in [2.05, 4.69) is 25.3 Å². The number of nitrogens with zero attached hydrogens (tertiary/aromatic N) is 1. The molecule has 2 heterocycles. The molecule has 0 N–H and O–H groups in total. The molecule has 0 spiro atoms. The summed E-state index contributed by atoms with van der Waals surface area (Å²) < 4.78 is 0. The van der Waals surface area contributed by atoms with Gasteiger partial charge in [0.05, 0.1) is 0 Å². The predicted molar refractivity (Wildman–Crippen MR) is 47.3 cm³/mol. The highest BCUT2D eigenvalue weighted by atomic mass is 15.2. The van der Waals surface area contributed by atoms with Crippen molar-refractivity contribution in [3.05, 3.63) is 6.42 Å². The van der Waals surface area contributed by atoms with Crippen LogP contribution in [-0.4, -0.2) is 23.5 Å². The maximum atomic E-state index is 2.61. The molecule has 0 aromatic heterocycles. The second-order valence-corrected chi connectivity index (χ2v) is 4.38. The Labute approximate surface area is 69.8 Å². The van der Waals surface area contributed by atoms with Gasteiger partial charge < -0.3 is 0 Å². The lowest BCUT2D eigenvalue weighted by Crippen LogP contribution is -2.55. The van der Waals surface area contributed by atoms with Gasteiger partial charge in [-0.15, -0.1) is 0 Å². The molecule has 2 unspecified atom stereocenters. The average Bonchev–Trinajstić information content (AvgIpc) is 1.93. The van der Waals surface area contributed by atoms with Crippen LogP contribution in [-0.2, 0) is 0 Å². The zero-order chi connectivity index (χ0) is 7.90. The van der Waals surface area contributed by atoms with E-state index in [-0.39, 0.29) is 0 Å². The van der Waals surface area contributed by atoms with Gasteiger partial charge in [0.1, 0.15) is 0 Å². The van der Waals surface area contributed by atoms with Crippen molar-refractivity contribution in [2.45, 2.75) is 50.6 Å². The van der Waals surface area contributed by atoms with Crippen molar-refractivity contribution < 1.29 is 0 Å². The normalized spacial score (nSPS) is 45.8. The van der Waals surface area contributed by atoms with Gasteiger partial charge in [0.15, 0.2) is 0 Å². The van der Waals surface area contributed by atoms with Crippen molar-refractivity contribution in [1.29, 1.82) is 0 Å². The van der Waals surface area contributed by atoms with Crippen LogP contribution in [0.4, 0.5) is 0 Å². The van der Waals surface area contributed by atoms with Crippen molar-refractivity contribution in [3.63, 3.8) is 0 Å². The largest absolute Gasteiger partial charge is 0.298 e. The van der Waals surface area contributed by atoms with Gasteiger partial charge in [-0.2, -0.15) is 0 Å².